The highest BCUT2D eigenvalue weighted by molar-refractivity contribution is 6.66. The van der Waals surface area contributed by atoms with E-state index in [1.165, 1.54) is 4.90 Å². The second kappa shape index (κ2) is 7.95. The van der Waals surface area contributed by atoms with Crippen molar-refractivity contribution < 1.29 is 14.3 Å². The van der Waals surface area contributed by atoms with Crippen molar-refractivity contribution >= 4 is 39.7 Å². The number of amides is 2. The maximum atomic E-state index is 12.5. The smallest absolute Gasteiger partial charge is 0.410 e. The third-order valence-corrected chi connectivity index (χ3v) is 4.99. The molecule has 2 heterocycles. The summed E-state index contributed by atoms with van der Waals surface area (Å²) in [5, 5.41) is 1.29. The number of aryl methyl sites for hydroxylation is 1. The number of carbonyl (C=O) groups is 2. The number of piperidine rings is 1. The van der Waals surface area contributed by atoms with Crippen molar-refractivity contribution in [3.05, 3.63) is 36.0 Å². The molecule has 150 valence electrons. The van der Waals surface area contributed by atoms with E-state index in [-0.39, 0.29) is 12.1 Å². The summed E-state index contributed by atoms with van der Waals surface area (Å²) in [4.78, 5) is 32.6. The standard InChI is InChI=1S/C21H26ClN3O3/c1-14-7-5-8-15-10-11-23-18(17(14)15)25(19(22)26)16-9-6-12-24(13-16)20(27)28-21(2,3)4/h5,7-8,10-11,16H,6,9,12-13H2,1-4H3/t16-/m1/s1. The second-order valence-corrected chi connectivity index (χ2v) is 8.48. The Bertz CT molecular complexity index is 889. The lowest BCUT2D eigenvalue weighted by molar-refractivity contribution is 0.0200. The molecule has 1 atom stereocenters. The van der Waals surface area contributed by atoms with E-state index < -0.39 is 11.0 Å². The third-order valence-electron chi connectivity index (χ3n) is 4.81. The van der Waals surface area contributed by atoms with Crippen LogP contribution in [0.25, 0.3) is 10.8 Å². The molecule has 0 bridgehead atoms. The Hall–Kier alpha value is -2.34. The molecule has 0 spiro atoms. The van der Waals surface area contributed by atoms with E-state index in [4.69, 9.17) is 16.3 Å². The van der Waals surface area contributed by atoms with Crippen LogP contribution in [-0.2, 0) is 4.74 Å². The number of nitrogens with zero attached hydrogens (tertiary/aromatic N) is 3. The summed E-state index contributed by atoms with van der Waals surface area (Å²) in [5.41, 5.74) is 0.448. The van der Waals surface area contributed by atoms with Gasteiger partial charge in [0.05, 0.1) is 6.04 Å². The van der Waals surface area contributed by atoms with Crippen molar-refractivity contribution in [2.45, 2.75) is 52.2 Å². The molecule has 2 aromatic rings. The summed E-state index contributed by atoms with van der Waals surface area (Å²) < 4.78 is 5.50. The molecule has 3 rings (SSSR count). The van der Waals surface area contributed by atoms with Crippen molar-refractivity contribution in [2.75, 3.05) is 18.0 Å². The molecule has 1 aliphatic rings. The first-order valence-electron chi connectivity index (χ1n) is 9.48. The molecule has 28 heavy (non-hydrogen) atoms. The first-order chi connectivity index (χ1) is 13.2. The largest absolute Gasteiger partial charge is 0.444 e. The number of aromatic nitrogens is 1. The molecule has 0 aliphatic carbocycles. The Balaban J connectivity index is 1.93. The van der Waals surface area contributed by atoms with E-state index in [0.29, 0.717) is 18.9 Å². The number of hydrogen-bond acceptors (Lipinski definition) is 4. The number of fused-ring (bicyclic) bond motifs is 1. The topological polar surface area (TPSA) is 62.7 Å². The number of rotatable bonds is 2. The highest BCUT2D eigenvalue weighted by Gasteiger charge is 2.34. The average Bonchev–Trinajstić information content (AvgIpc) is 2.61. The summed E-state index contributed by atoms with van der Waals surface area (Å²) in [6.45, 7) is 8.45. The fraction of sp³-hybridized carbons (Fsp3) is 0.476. The van der Waals surface area contributed by atoms with Crippen LogP contribution in [0.3, 0.4) is 0 Å². The molecular weight excluding hydrogens is 378 g/mol. The number of anilines is 1. The molecule has 1 aromatic carbocycles. The minimum atomic E-state index is -0.598. The first-order valence-corrected chi connectivity index (χ1v) is 9.86. The Morgan fingerprint density at radius 1 is 1.29 bits per heavy atom. The van der Waals surface area contributed by atoms with Gasteiger partial charge in [0, 0.05) is 24.7 Å². The van der Waals surface area contributed by atoms with E-state index in [2.05, 4.69) is 4.98 Å². The van der Waals surface area contributed by atoms with Crippen LogP contribution in [-0.4, -0.2) is 46.1 Å². The Morgan fingerprint density at radius 3 is 2.71 bits per heavy atom. The molecule has 0 N–H and O–H groups in total. The maximum Gasteiger partial charge on any atom is 0.410 e. The van der Waals surface area contributed by atoms with Crippen LogP contribution in [0, 0.1) is 6.92 Å². The maximum absolute atomic E-state index is 12.5. The van der Waals surface area contributed by atoms with Crippen LogP contribution in [0.1, 0.15) is 39.2 Å². The summed E-state index contributed by atoms with van der Waals surface area (Å²) in [7, 11) is 0. The van der Waals surface area contributed by atoms with E-state index in [1.807, 2.05) is 52.0 Å². The predicted molar refractivity (Wildman–Crippen MR) is 111 cm³/mol. The van der Waals surface area contributed by atoms with Gasteiger partial charge in [0.15, 0.2) is 0 Å². The minimum Gasteiger partial charge on any atom is -0.444 e. The van der Waals surface area contributed by atoms with Gasteiger partial charge in [-0.25, -0.2) is 9.78 Å². The second-order valence-electron chi connectivity index (χ2n) is 8.15. The van der Waals surface area contributed by atoms with Crippen molar-refractivity contribution in [1.29, 1.82) is 0 Å². The predicted octanol–water partition coefficient (Wildman–Crippen LogP) is 5.11. The molecule has 0 saturated carbocycles. The molecule has 1 saturated heterocycles. The lowest BCUT2D eigenvalue weighted by atomic mass is 10.0. The lowest BCUT2D eigenvalue weighted by Gasteiger charge is -2.38. The molecule has 1 fully saturated rings. The van der Waals surface area contributed by atoms with Crippen LogP contribution in [0.15, 0.2) is 30.5 Å². The minimum absolute atomic E-state index is 0.260. The van der Waals surface area contributed by atoms with Crippen molar-refractivity contribution in [2.24, 2.45) is 0 Å². The fourth-order valence-corrected chi connectivity index (χ4v) is 3.85. The summed E-state index contributed by atoms with van der Waals surface area (Å²) in [5.74, 6) is 0.534. The highest BCUT2D eigenvalue weighted by atomic mass is 35.5. The normalized spacial score (nSPS) is 17.5. The molecular formula is C21H26ClN3O3. The SMILES string of the molecule is Cc1cccc2ccnc(N(C(=O)Cl)[C@@H]3CCCN(C(=O)OC(C)(C)C)C3)c12. The van der Waals surface area contributed by atoms with E-state index in [1.54, 1.807) is 11.1 Å². The molecule has 6 nitrogen and oxygen atoms in total. The van der Waals surface area contributed by atoms with Gasteiger partial charge in [0.2, 0.25) is 0 Å². The summed E-state index contributed by atoms with van der Waals surface area (Å²) >= 11 is 6.01. The van der Waals surface area contributed by atoms with Gasteiger partial charge in [-0.2, -0.15) is 0 Å². The van der Waals surface area contributed by atoms with Gasteiger partial charge in [0.25, 0.3) is 0 Å². The van der Waals surface area contributed by atoms with Gasteiger partial charge >= 0.3 is 11.5 Å². The number of pyridine rings is 1. The molecule has 7 heteroatoms. The molecule has 0 unspecified atom stereocenters. The fourth-order valence-electron chi connectivity index (χ4n) is 3.63. The average molecular weight is 404 g/mol. The number of benzene rings is 1. The Kier molecular flexibility index (Phi) is 5.79. The zero-order valence-electron chi connectivity index (χ0n) is 16.7. The molecule has 0 radical (unpaired) electrons. The number of likely N-dealkylation sites (tertiary alicyclic amines) is 1. The molecule has 2 amide bonds. The number of ether oxygens (including phenoxy) is 1. The van der Waals surface area contributed by atoms with Crippen LogP contribution in [0.2, 0.25) is 0 Å². The number of carbonyl (C=O) groups excluding carboxylic acids is 2. The molecule has 1 aliphatic heterocycles. The van der Waals surface area contributed by atoms with Crippen molar-refractivity contribution in [3.8, 4) is 0 Å². The Labute approximate surface area is 170 Å². The first kappa shape index (κ1) is 20.4. The van der Waals surface area contributed by atoms with Gasteiger partial charge in [-0.05, 0) is 69.2 Å². The van der Waals surface area contributed by atoms with Gasteiger partial charge in [-0.3, -0.25) is 9.69 Å². The van der Waals surface area contributed by atoms with Crippen molar-refractivity contribution in [3.63, 3.8) is 0 Å². The zero-order valence-corrected chi connectivity index (χ0v) is 17.5. The monoisotopic (exact) mass is 403 g/mol. The van der Waals surface area contributed by atoms with Crippen LogP contribution >= 0.6 is 11.6 Å². The van der Waals surface area contributed by atoms with Crippen LogP contribution < -0.4 is 4.90 Å². The quantitative estimate of drug-likeness (QED) is 0.516. The lowest BCUT2D eigenvalue weighted by Crippen LogP contribution is -2.52. The Morgan fingerprint density at radius 2 is 2.04 bits per heavy atom. The van der Waals surface area contributed by atoms with Gasteiger partial charge < -0.3 is 9.64 Å². The van der Waals surface area contributed by atoms with Crippen LogP contribution in [0.5, 0.6) is 0 Å². The van der Waals surface area contributed by atoms with E-state index in [0.717, 1.165) is 29.2 Å². The van der Waals surface area contributed by atoms with E-state index >= 15 is 0 Å². The van der Waals surface area contributed by atoms with Gasteiger partial charge in [0.1, 0.15) is 11.4 Å². The zero-order chi connectivity index (χ0) is 20.5. The highest BCUT2D eigenvalue weighted by Crippen LogP contribution is 2.32. The van der Waals surface area contributed by atoms with Gasteiger partial charge in [-0.15, -0.1) is 0 Å². The summed E-state index contributed by atoms with van der Waals surface area (Å²) in [6, 6.07) is 7.59. The van der Waals surface area contributed by atoms with Gasteiger partial charge in [-0.1, -0.05) is 18.2 Å². The number of halogens is 1. The molecule has 1 aromatic heterocycles. The van der Waals surface area contributed by atoms with Crippen molar-refractivity contribution in [1.82, 2.24) is 9.88 Å². The number of hydrogen-bond donors (Lipinski definition) is 0. The summed E-state index contributed by atoms with van der Waals surface area (Å²) in [6.07, 6.45) is 2.80. The third kappa shape index (κ3) is 4.38. The van der Waals surface area contributed by atoms with E-state index in [9.17, 15) is 9.59 Å². The van der Waals surface area contributed by atoms with Crippen LogP contribution in [0.4, 0.5) is 15.4 Å².